The number of aromatic carboxylic acids is 1. The van der Waals surface area contributed by atoms with Crippen molar-refractivity contribution >= 4 is 49.6 Å². The first kappa shape index (κ1) is 19.3. The van der Waals surface area contributed by atoms with Gasteiger partial charge in [0.2, 0.25) is 0 Å². The zero-order valence-electron chi connectivity index (χ0n) is 13.2. The molecule has 0 aliphatic rings. The molecule has 0 saturated heterocycles. The van der Waals surface area contributed by atoms with Crippen molar-refractivity contribution in [3.63, 3.8) is 0 Å². The Labute approximate surface area is 161 Å². The van der Waals surface area contributed by atoms with Crippen molar-refractivity contribution in [2.45, 2.75) is 17.6 Å². The molecular weight excluding hydrogens is 456 g/mol. The molecule has 1 N–H and O–H groups in total. The molecule has 0 unspecified atom stereocenters. The van der Waals surface area contributed by atoms with Gasteiger partial charge in [-0.2, -0.15) is 0 Å². The maximum atomic E-state index is 12.8. The molecule has 0 aliphatic heterocycles. The SMILES string of the molecule is CC(=O)Oc1c(CBr)cc(C(=O)c2cccc(C(=O)O)c2)cc1CBr. The largest absolute Gasteiger partial charge is 0.478 e. The van der Waals surface area contributed by atoms with E-state index in [1.807, 2.05) is 0 Å². The van der Waals surface area contributed by atoms with Crippen LogP contribution in [0.4, 0.5) is 0 Å². The van der Waals surface area contributed by atoms with Gasteiger partial charge in [-0.1, -0.05) is 44.0 Å². The minimum Gasteiger partial charge on any atom is -0.478 e. The van der Waals surface area contributed by atoms with Gasteiger partial charge in [0.05, 0.1) is 5.56 Å². The fourth-order valence-electron chi connectivity index (χ4n) is 2.32. The van der Waals surface area contributed by atoms with Crippen molar-refractivity contribution in [3.8, 4) is 5.75 Å². The van der Waals surface area contributed by atoms with E-state index in [9.17, 15) is 14.4 Å². The lowest BCUT2D eigenvalue weighted by Gasteiger charge is -2.14. The van der Waals surface area contributed by atoms with Crippen molar-refractivity contribution in [1.29, 1.82) is 0 Å². The van der Waals surface area contributed by atoms with Gasteiger partial charge >= 0.3 is 11.9 Å². The summed E-state index contributed by atoms with van der Waals surface area (Å²) < 4.78 is 5.26. The molecule has 7 heteroatoms. The Balaban J connectivity index is 2.52. The van der Waals surface area contributed by atoms with Crippen LogP contribution < -0.4 is 4.74 Å². The highest BCUT2D eigenvalue weighted by molar-refractivity contribution is 9.08. The number of hydrogen-bond donors (Lipinski definition) is 1. The molecule has 0 amide bonds. The Morgan fingerprint density at radius 3 is 2.00 bits per heavy atom. The third-order valence-electron chi connectivity index (χ3n) is 3.41. The zero-order valence-corrected chi connectivity index (χ0v) is 16.4. The molecule has 0 fully saturated rings. The van der Waals surface area contributed by atoms with E-state index in [2.05, 4.69) is 31.9 Å². The van der Waals surface area contributed by atoms with E-state index in [4.69, 9.17) is 9.84 Å². The van der Waals surface area contributed by atoms with Gasteiger partial charge in [0, 0.05) is 39.8 Å². The normalized spacial score (nSPS) is 10.4. The molecule has 0 radical (unpaired) electrons. The molecule has 5 nitrogen and oxygen atoms in total. The standard InChI is InChI=1S/C18H14Br2O5/c1-10(21)25-17-14(8-19)6-13(7-15(17)9-20)16(22)11-3-2-4-12(5-11)18(23)24/h2-7H,8-9H2,1H3,(H,23,24). The highest BCUT2D eigenvalue weighted by Crippen LogP contribution is 2.31. The number of halogens is 2. The highest BCUT2D eigenvalue weighted by Gasteiger charge is 2.18. The summed E-state index contributed by atoms with van der Waals surface area (Å²) in [5.74, 6) is -1.43. The molecule has 0 spiro atoms. The maximum absolute atomic E-state index is 12.8. The molecule has 0 heterocycles. The second-order valence-corrected chi connectivity index (χ2v) is 6.32. The van der Waals surface area contributed by atoms with Gasteiger partial charge in [0.25, 0.3) is 0 Å². The third-order valence-corrected chi connectivity index (χ3v) is 4.62. The second-order valence-electron chi connectivity index (χ2n) is 5.20. The number of carboxylic acid groups (broad SMARTS) is 1. The molecule has 0 atom stereocenters. The van der Waals surface area contributed by atoms with E-state index in [0.717, 1.165) is 0 Å². The molecule has 2 aromatic carbocycles. The van der Waals surface area contributed by atoms with Crippen LogP contribution in [-0.4, -0.2) is 22.8 Å². The van der Waals surface area contributed by atoms with Crippen molar-refractivity contribution in [2.75, 3.05) is 0 Å². The quantitative estimate of drug-likeness (QED) is 0.294. The van der Waals surface area contributed by atoms with Crippen LogP contribution in [0.25, 0.3) is 0 Å². The summed E-state index contributed by atoms with van der Waals surface area (Å²) in [6, 6.07) is 9.13. The van der Waals surface area contributed by atoms with Gasteiger partial charge in [0.15, 0.2) is 5.78 Å². The molecule has 2 aromatic rings. The Hall–Kier alpha value is -1.99. The summed E-state index contributed by atoms with van der Waals surface area (Å²) in [6.07, 6.45) is 0. The molecule has 130 valence electrons. The number of alkyl halides is 2. The highest BCUT2D eigenvalue weighted by atomic mass is 79.9. The van der Waals surface area contributed by atoms with Gasteiger partial charge in [-0.05, 0) is 24.3 Å². The maximum Gasteiger partial charge on any atom is 0.335 e. The first-order valence-electron chi connectivity index (χ1n) is 7.21. The number of rotatable bonds is 6. The molecule has 0 saturated carbocycles. The van der Waals surface area contributed by atoms with Crippen LogP contribution in [0.1, 0.15) is 44.3 Å². The van der Waals surface area contributed by atoms with Crippen molar-refractivity contribution in [1.82, 2.24) is 0 Å². The first-order chi connectivity index (χ1) is 11.9. The van der Waals surface area contributed by atoms with E-state index in [1.54, 1.807) is 18.2 Å². The third kappa shape index (κ3) is 4.55. The van der Waals surface area contributed by atoms with E-state index >= 15 is 0 Å². The van der Waals surface area contributed by atoms with E-state index in [0.29, 0.717) is 33.1 Å². The van der Waals surface area contributed by atoms with E-state index < -0.39 is 11.9 Å². The first-order valence-corrected chi connectivity index (χ1v) is 9.45. The number of carbonyl (C=O) groups is 3. The average molecular weight is 470 g/mol. The fraction of sp³-hybridized carbons (Fsp3) is 0.167. The van der Waals surface area contributed by atoms with Crippen LogP contribution in [0.15, 0.2) is 36.4 Å². The van der Waals surface area contributed by atoms with Crippen molar-refractivity contribution in [3.05, 3.63) is 64.2 Å². The summed E-state index contributed by atoms with van der Waals surface area (Å²) in [5, 5.41) is 9.86. The Bertz CT molecular complexity index is 820. The van der Waals surface area contributed by atoms with Gasteiger partial charge in [-0.3, -0.25) is 9.59 Å². The monoisotopic (exact) mass is 468 g/mol. The van der Waals surface area contributed by atoms with E-state index in [-0.39, 0.29) is 16.9 Å². The predicted molar refractivity (Wildman–Crippen MR) is 99.8 cm³/mol. The number of carboxylic acids is 1. The lowest BCUT2D eigenvalue weighted by molar-refractivity contribution is -0.131. The number of esters is 1. The van der Waals surface area contributed by atoms with Crippen LogP contribution in [0.3, 0.4) is 0 Å². The van der Waals surface area contributed by atoms with Gasteiger partial charge in [0.1, 0.15) is 5.75 Å². The summed E-state index contributed by atoms with van der Waals surface area (Å²) in [6.45, 7) is 1.31. The van der Waals surface area contributed by atoms with Crippen LogP contribution in [-0.2, 0) is 15.5 Å². The minimum atomic E-state index is -1.10. The molecule has 0 aromatic heterocycles. The van der Waals surface area contributed by atoms with Crippen LogP contribution >= 0.6 is 31.9 Å². The van der Waals surface area contributed by atoms with Crippen LogP contribution in [0.5, 0.6) is 5.75 Å². The Morgan fingerprint density at radius 1 is 0.960 bits per heavy atom. The molecular formula is C18H14Br2O5. The zero-order chi connectivity index (χ0) is 18.6. The Morgan fingerprint density at radius 2 is 1.52 bits per heavy atom. The smallest absolute Gasteiger partial charge is 0.335 e. The van der Waals surface area contributed by atoms with Gasteiger partial charge in [-0.25, -0.2) is 4.79 Å². The summed E-state index contributed by atoms with van der Waals surface area (Å²) in [5.41, 5.74) is 2.03. The molecule has 25 heavy (non-hydrogen) atoms. The predicted octanol–water partition coefficient (Wildman–Crippen LogP) is 4.33. The molecule has 0 aliphatic carbocycles. The Kier molecular flexibility index (Phi) is 6.50. The topological polar surface area (TPSA) is 80.7 Å². The fourth-order valence-corrected chi connectivity index (χ4v) is 3.15. The molecule has 0 bridgehead atoms. The average Bonchev–Trinajstić information content (AvgIpc) is 2.60. The number of ether oxygens (including phenoxy) is 1. The number of benzene rings is 2. The number of carbonyl (C=O) groups excluding carboxylic acids is 2. The lowest BCUT2D eigenvalue weighted by atomic mass is 9.97. The van der Waals surface area contributed by atoms with Crippen molar-refractivity contribution in [2.24, 2.45) is 0 Å². The number of ketones is 1. The van der Waals surface area contributed by atoms with Gasteiger partial charge < -0.3 is 9.84 Å². The lowest BCUT2D eigenvalue weighted by Crippen LogP contribution is -2.09. The van der Waals surface area contributed by atoms with Crippen LogP contribution in [0.2, 0.25) is 0 Å². The summed E-state index contributed by atoms with van der Waals surface area (Å²) in [7, 11) is 0. The summed E-state index contributed by atoms with van der Waals surface area (Å²) in [4.78, 5) is 35.2. The second kappa shape index (κ2) is 8.40. The summed E-state index contributed by atoms with van der Waals surface area (Å²) >= 11 is 6.67. The number of hydrogen-bond acceptors (Lipinski definition) is 4. The van der Waals surface area contributed by atoms with Crippen LogP contribution in [0, 0.1) is 0 Å². The minimum absolute atomic E-state index is 0.0452. The van der Waals surface area contributed by atoms with Crippen molar-refractivity contribution < 1.29 is 24.2 Å². The van der Waals surface area contributed by atoms with Gasteiger partial charge in [-0.15, -0.1) is 0 Å². The van der Waals surface area contributed by atoms with E-state index in [1.165, 1.54) is 25.1 Å². The molecule has 2 rings (SSSR count).